The van der Waals surface area contributed by atoms with E-state index in [-0.39, 0.29) is 5.04 Å². The van der Waals surface area contributed by atoms with Gasteiger partial charge in [0.2, 0.25) is 0 Å². The van der Waals surface area contributed by atoms with E-state index in [0.29, 0.717) is 18.4 Å². The van der Waals surface area contributed by atoms with Gasteiger partial charge in [-0.1, -0.05) is 39.9 Å². The highest BCUT2D eigenvalue weighted by Gasteiger charge is 2.61. The number of nitrogens with one attached hydrogen (secondary N) is 1. The molecule has 1 aromatic heterocycles. The molecule has 0 radical (unpaired) electrons. The molecule has 0 aromatic carbocycles. The molecule has 140 valence electrons. The third kappa shape index (κ3) is 3.20. The van der Waals surface area contributed by atoms with Crippen LogP contribution in [0.3, 0.4) is 0 Å². The summed E-state index contributed by atoms with van der Waals surface area (Å²) in [4.78, 5) is 26.2. The van der Waals surface area contributed by atoms with Crippen LogP contribution < -0.4 is 11.2 Å². The maximum Gasteiger partial charge on any atom is 0.330 e. The van der Waals surface area contributed by atoms with Crippen molar-refractivity contribution in [2.45, 2.75) is 76.2 Å². The van der Waals surface area contributed by atoms with Gasteiger partial charge in [0, 0.05) is 18.2 Å². The van der Waals surface area contributed by atoms with Gasteiger partial charge in [0.05, 0.1) is 19.4 Å². The first-order valence-corrected chi connectivity index (χ1v) is 11.7. The van der Waals surface area contributed by atoms with Gasteiger partial charge < -0.3 is 9.84 Å². The summed E-state index contributed by atoms with van der Waals surface area (Å²) in [6.45, 7) is 16.2. The normalized spacial score (nSPS) is 27.5. The van der Waals surface area contributed by atoms with Gasteiger partial charge in [-0.25, -0.2) is 4.79 Å². The van der Waals surface area contributed by atoms with E-state index < -0.39 is 36.9 Å². The van der Waals surface area contributed by atoms with Crippen LogP contribution in [0.1, 0.15) is 45.4 Å². The molecule has 0 aliphatic carbocycles. The van der Waals surface area contributed by atoms with E-state index in [1.807, 2.05) is 0 Å². The lowest BCUT2D eigenvalue weighted by molar-refractivity contribution is -0.0323. The van der Waals surface area contributed by atoms with E-state index in [1.165, 1.54) is 10.8 Å². The Hall–Kier alpha value is -1.44. The third-order valence-corrected chi connectivity index (χ3v) is 12.6. The Morgan fingerprint density at radius 2 is 2.08 bits per heavy atom. The summed E-state index contributed by atoms with van der Waals surface area (Å²) in [5.41, 5.74) is -0.481. The van der Waals surface area contributed by atoms with E-state index in [4.69, 9.17) is 4.74 Å². The minimum absolute atomic E-state index is 0.0503. The molecule has 1 saturated heterocycles. The number of H-pyrrole nitrogens is 1. The fourth-order valence-electron chi connectivity index (χ4n) is 3.42. The molecule has 6 nitrogen and oxygen atoms in total. The first-order valence-electron chi connectivity index (χ1n) is 8.66. The van der Waals surface area contributed by atoms with Crippen molar-refractivity contribution in [3.8, 4) is 0 Å². The predicted octanol–water partition coefficient (Wildman–Crippen LogP) is 2.49. The number of nitrogens with zero attached hydrogens (tertiary/aromatic N) is 1. The second kappa shape index (κ2) is 6.37. The Morgan fingerprint density at radius 1 is 1.48 bits per heavy atom. The minimum Gasteiger partial charge on any atom is -0.391 e. The molecule has 2 heterocycles. The minimum atomic E-state index is -2.22. The van der Waals surface area contributed by atoms with Crippen molar-refractivity contribution in [1.29, 1.82) is 0 Å². The molecule has 0 unspecified atom stereocenters. The molecule has 1 aliphatic rings. The molecule has 7 heteroatoms. The summed E-state index contributed by atoms with van der Waals surface area (Å²) in [6, 6.07) is 0. The fraction of sp³-hybridized carbons (Fsp3) is 0.667. The highest BCUT2D eigenvalue weighted by molar-refractivity contribution is 6.83. The second-order valence-electron chi connectivity index (χ2n) is 8.59. The summed E-state index contributed by atoms with van der Waals surface area (Å²) in [7, 11) is -2.22. The fourth-order valence-corrected chi connectivity index (χ4v) is 6.40. The van der Waals surface area contributed by atoms with Crippen molar-refractivity contribution in [3.63, 3.8) is 0 Å². The Morgan fingerprint density at radius 3 is 2.60 bits per heavy atom. The van der Waals surface area contributed by atoms with Crippen molar-refractivity contribution >= 4 is 8.07 Å². The van der Waals surface area contributed by atoms with Gasteiger partial charge in [0.25, 0.3) is 5.56 Å². The molecule has 25 heavy (non-hydrogen) atoms. The van der Waals surface area contributed by atoms with Gasteiger partial charge in [-0.3, -0.25) is 14.3 Å². The van der Waals surface area contributed by atoms with Crippen LogP contribution in [-0.2, 0) is 4.74 Å². The van der Waals surface area contributed by atoms with Crippen molar-refractivity contribution in [3.05, 3.63) is 45.3 Å². The zero-order valence-electron chi connectivity index (χ0n) is 16.0. The quantitative estimate of drug-likeness (QED) is 0.633. The van der Waals surface area contributed by atoms with Gasteiger partial charge in [-0.15, -0.1) is 6.58 Å². The number of hydrogen-bond donors (Lipinski definition) is 2. The molecule has 2 N–H and O–H groups in total. The topological polar surface area (TPSA) is 84.3 Å². The van der Waals surface area contributed by atoms with Crippen molar-refractivity contribution in [2.24, 2.45) is 0 Å². The summed E-state index contributed by atoms with van der Waals surface area (Å²) in [6.07, 6.45) is 3.06. The molecule has 0 bridgehead atoms. The van der Waals surface area contributed by atoms with E-state index in [1.54, 1.807) is 13.0 Å². The van der Waals surface area contributed by atoms with Gasteiger partial charge >= 0.3 is 5.69 Å². The first-order chi connectivity index (χ1) is 11.3. The number of rotatable bonds is 4. The number of hydrogen-bond acceptors (Lipinski definition) is 4. The standard InChI is InChI=1S/C18H30N2O4Si/c1-8-9-13-18(23,25(6,7)17(3,4)5)10-14(24-13)20-11-12(2)15(21)19-16(20)22/h8,11,13-14,23H,1,9-10H2,2-7H3,(H,19,21,22)/t13-,14-,18-/m1/s1. The van der Waals surface area contributed by atoms with E-state index in [2.05, 4.69) is 45.4 Å². The summed E-state index contributed by atoms with van der Waals surface area (Å²) >= 11 is 0. The van der Waals surface area contributed by atoms with E-state index in [9.17, 15) is 14.7 Å². The lowest BCUT2D eigenvalue weighted by atomic mass is 10.1. The summed E-state index contributed by atoms with van der Waals surface area (Å²) in [5, 5.41) is 10.6. The maximum atomic E-state index is 12.2. The Kier molecular flexibility index (Phi) is 5.07. The number of aliphatic hydroxyl groups is 1. The molecular weight excluding hydrogens is 336 g/mol. The van der Waals surface area contributed by atoms with Crippen LogP contribution in [0, 0.1) is 6.92 Å². The van der Waals surface area contributed by atoms with Gasteiger partial charge in [-0.05, 0) is 18.4 Å². The Labute approximate surface area is 149 Å². The van der Waals surface area contributed by atoms with Crippen molar-refractivity contribution in [1.82, 2.24) is 9.55 Å². The number of aromatic nitrogens is 2. The second-order valence-corrected chi connectivity index (χ2v) is 14.2. The Balaban J connectivity index is 2.51. The van der Waals surface area contributed by atoms with E-state index in [0.717, 1.165) is 0 Å². The average Bonchev–Trinajstić information content (AvgIpc) is 2.81. The van der Waals surface area contributed by atoms with Crippen LogP contribution in [-0.4, -0.2) is 34.1 Å². The summed E-state index contributed by atoms with van der Waals surface area (Å²) < 4.78 is 7.50. The average molecular weight is 367 g/mol. The van der Waals surface area contributed by atoms with Crippen LogP contribution in [0.2, 0.25) is 18.1 Å². The molecule has 1 aromatic rings. The Bertz CT molecular complexity index is 775. The highest BCUT2D eigenvalue weighted by Crippen LogP contribution is 2.51. The smallest absolute Gasteiger partial charge is 0.330 e. The molecule has 3 atom stereocenters. The van der Waals surface area contributed by atoms with Crippen LogP contribution in [0.15, 0.2) is 28.4 Å². The van der Waals surface area contributed by atoms with Crippen molar-refractivity contribution < 1.29 is 9.84 Å². The van der Waals surface area contributed by atoms with Crippen molar-refractivity contribution in [2.75, 3.05) is 0 Å². The molecule has 2 rings (SSSR count). The lowest BCUT2D eigenvalue weighted by Crippen LogP contribution is -2.63. The predicted molar refractivity (Wildman–Crippen MR) is 102 cm³/mol. The number of ether oxygens (including phenoxy) is 1. The molecular formula is C18H30N2O4Si. The molecule has 0 spiro atoms. The molecule has 0 saturated carbocycles. The zero-order chi connectivity index (χ0) is 19.2. The SMILES string of the molecule is C=CC[C@H]1O[C@@H](n2cc(C)c(=O)[nH]c2=O)C[C@@]1(O)[Si](C)(C)C(C)(C)C. The van der Waals surface area contributed by atoms with Gasteiger partial charge in [0.15, 0.2) is 0 Å². The van der Waals surface area contributed by atoms with Gasteiger partial charge in [0.1, 0.15) is 6.23 Å². The highest BCUT2D eigenvalue weighted by atomic mass is 28.3. The zero-order valence-corrected chi connectivity index (χ0v) is 17.0. The lowest BCUT2D eigenvalue weighted by Gasteiger charge is -2.49. The monoisotopic (exact) mass is 366 g/mol. The third-order valence-electron chi connectivity index (χ3n) is 6.13. The van der Waals surface area contributed by atoms with Crippen LogP contribution in [0.25, 0.3) is 0 Å². The molecule has 1 aliphatic heterocycles. The van der Waals surface area contributed by atoms with Crippen LogP contribution in [0.5, 0.6) is 0 Å². The van der Waals surface area contributed by atoms with E-state index >= 15 is 0 Å². The van der Waals surface area contributed by atoms with Gasteiger partial charge in [-0.2, -0.15) is 0 Å². The number of aromatic amines is 1. The number of aryl methyl sites for hydroxylation is 1. The largest absolute Gasteiger partial charge is 0.391 e. The maximum absolute atomic E-state index is 12.2. The first kappa shape index (κ1) is 19.9. The molecule has 0 amide bonds. The summed E-state index contributed by atoms with van der Waals surface area (Å²) in [5.74, 6) is 0. The molecule has 1 fully saturated rings. The van der Waals surface area contributed by atoms with Crippen LogP contribution in [0.4, 0.5) is 0 Å². The van der Waals surface area contributed by atoms with Crippen LogP contribution >= 0.6 is 0 Å².